The highest BCUT2D eigenvalue weighted by atomic mass is 32.1. The summed E-state index contributed by atoms with van der Waals surface area (Å²) in [6.07, 6.45) is 5.16. The summed E-state index contributed by atoms with van der Waals surface area (Å²) in [7, 11) is 0. The van der Waals surface area contributed by atoms with Gasteiger partial charge in [-0.05, 0) is 29.7 Å². The van der Waals surface area contributed by atoms with Crippen LogP contribution in [-0.4, -0.2) is 19.7 Å². The van der Waals surface area contributed by atoms with Crippen LogP contribution in [0.1, 0.15) is 16.6 Å². The van der Waals surface area contributed by atoms with Gasteiger partial charge in [-0.2, -0.15) is 4.98 Å². The second-order valence-corrected chi connectivity index (χ2v) is 6.07. The highest BCUT2D eigenvalue weighted by Gasteiger charge is 2.08. The van der Waals surface area contributed by atoms with Crippen LogP contribution in [0.4, 0.5) is 0 Å². The molecule has 3 aromatic heterocycles. The number of thiophene rings is 1. The molecule has 24 heavy (non-hydrogen) atoms. The van der Waals surface area contributed by atoms with E-state index in [0.717, 1.165) is 4.88 Å². The Morgan fingerprint density at radius 1 is 1.17 bits per heavy atom. The minimum absolute atomic E-state index is 0.124. The molecular formula is C17H12N4O2S. The van der Waals surface area contributed by atoms with Crippen LogP contribution in [0.5, 0.6) is 0 Å². The van der Waals surface area contributed by atoms with Crippen molar-refractivity contribution in [3.8, 4) is 0 Å². The smallest absolute Gasteiger partial charge is 0.261 e. The standard InChI is InChI=1S/C17H12N4O2S/c22-17-13-5-1-2-6-14(13)18-11-21(17)10-15-19-16(23-20-15)8-7-12-4-3-9-24-12/h1-9,11H,10H2/b8-7+. The van der Waals surface area contributed by atoms with Gasteiger partial charge in [0.15, 0.2) is 5.82 Å². The predicted molar refractivity (Wildman–Crippen MR) is 92.7 cm³/mol. The monoisotopic (exact) mass is 336 g/mol. The molecule has 0 spiro atoms. The molecule has 4 rings (SSSR count). The van der Waals surface area contributed by atoms with Crippen molar-refractivity contribution < 1.29 is 4.52 Å². The Morgan fingerprint density at radius 3 is 2.96 bits per heavy atom. The molecule has 0 atom stereocenters. The molecule has 0 aliphatic carbocycles. The molecule has 0 aliphatic heterocycles. The van der Waals surface area contributed by atoms with E-state index in [1.54, 1.807) is 23.5 Å². The number of para-hydroxylation sites is 1. The van der Waals surface area contributed by atoms with Gasteiger partial charge in [-0.3, -0.25) is 9.36 Å². The number of benzene rings is 1. The van der Waals surface area contributed by atoms with Crippen LogP contribution >= 0.6 is 11.3 Å². The van der Waals surface area contributed by atoms with Crippen LogP contribution < -0.4 is 5.56 Å². The van der Waals surface area contributed by atoms with Gasteiger partial charge in [0.2, 0.25) is 0 Å². The molecule has 0 amide bonds. The minimum atomic E-state index is -0.124. The van der Waals surface area contributed by atoms with Crippen molar-refractivity contribution in [1.29, 1.82) is 0 Å². The van der Waals surface area contributed by atoms with Gasteiger partial charge in [0, 0.05) is 11.0 Å². The Kier molecular flexibility index (Phi) is 3.76. The van der Waals surface area contributed by atoms with E-state index in [-0.39, 0.29) is 12.1 Å². The lowest BCUT2D eigenvalue weighted by molar-refractivity contribution is 0.401. The first kappa shape index (κ1) is 14.5. The second kappa shape index (κ2) is 6.21. The molecule has 6 nitrogen and oxygen atoms in total. The van der Waals surface area contributed by atoms with E-state index in [1.165, 1.54) is 10.9 Å². The number of fused-ring (bicyclic) bond motifs is 1. The number of hydrogen-bond donors (Lipinski definition) is 0. The Morgan fingerprint density at radius 2 is 2.08 bits per heavy atom. The Bertz CT molecular complexity index is 1060. The first-order valence-electron chi connectivity index (χ1n) is 7.28. The molecule has 0 N–H and O–H groups in total. The molecule has 4 aromatic rings. The molecule has 0 saturated carbocycles. The average molecular weight is 336 g/mol. The van der Waals surface area contributed by atoms with Crippen LogP contribution in [0, 0.1) is 0 Å². The summed E-state index contributed by atoms with van der Waals surface area (Å²) >= 11 is 1.62. The van der Waals surface area contributed by atoms with Gasteiger partial charge in [-0.25, -0.2) is 4.98 Å². The molecule has 0 fully saturated rings. The second-order valence-electron chi connectivity index (χ2n) is 5.09. The lowest BCUT2D eigenvalue weighted by Crippen LogP contribution is -2.21. The van der Waals surface area contributed by atoms with Crippen molar-refractivity contribution in [3.05, 3.63) is 75.1 Å². The summed E-state index contributed by atoms with van der Waals surface area (Å²) in [5.41, 5.74) is 0.549. The summed E-state index contributed by atoms with van der Waals surface area (Å²) in [4.78, 5) is 22.1. The average Bonchev–Trinajstić information content (AvgIpc) is 3.27. The fraction of sp³-hybridized carbons (Fsp3) is 0.0588. The van der Waals surface area contributed by atoms with Gasteiger partial charge in [0.05, 0.1) is 23.8 Å². The number of hydrogen-bond acceptors (Lipinski definition) is 6. The van der Waals surface area contributed by atoms with Crippen LogP contribution in [0.15, 0.2) is 57.4 Å². The largest absolute Gasteiger partial charge is 0.335 e. The van der Waals surface area contributed by atoms with Gasteiger partial charge >= 0.3 is 0 Å². The Labute approximate surface area is 140 Å². The summed E-state index contributed by atoms with van der Waals surface area (Å²) in [6.45, 7) is 0.215. The zero-order chi connectivity index (χ0) is 16.4. The van der Waals surface area contributed by atoms with Crippen LogP contribution in [0.2, 0.25) is 0 Å². The zero-order valence-corrected chi connectivity index (χ0v) is 13.3. The van der Waals surface area contributed by atoms with Crippen molar-refractivity contribution in [2.75, 3.05) is 0 Å². The minimum Gasteiger partial charge on any atom is -0.335 e. The molecule has 0 saturated heterocycles. The first-order chi connectivity index (χ1) is 11.8. The van der Waals surface area contributed by atoms with E-state index in [1.807, 2.05) is 41.8 Å². The summed E-state index contributed by atoms with van der Waals surface area (Å²) < 4.78 is 6.66. The zero-order valence-electron chi connectivity index (χ0n) is 12.5. The Balaban J connectivity index is 1.58. The van der Waals surface area contributed by atoms with Crippen molar-refractivity contribution >= 4 is 34.4 Å². The third-order valence-corrected chi connectivity index (χ3v) is 4.30. The maximum atomic E-state index is 12.4. The maximum Gasteiger partial charge on any atom is 0.261 e. The fourth-order valence-corrected chi connectivity index (χ4v) is 2.93. The lowest BCUT2D eigenvalue weighted by Gasteiger charge is -2.03. The highest BCUT2D eigenvalue weighted by molar-refractivity contribution is 7.10. The molecule has 0 aliphatic rings. The van der Waals surface area contributed by atoms with E-state index in [0.29, 0.717) is 22.6 Å². The topological polar surface area (TPSA) is 73.8 Å². The predicted octanol–water partition coefficient (Wildman–Crippen LogP) is 3.06. The lowest BCUT2D eigenvalue weighted by atomic mass is 10.2. The highest BCUT2D eigenvalue weighted by Crippen LogP contribution is 2.12. The molecule has 0 bridgehead atoms. The number of rotatable bonds is 4. The van der Waals surface area contributed by atoms with Gasteiger partial charge in [-0.1, -0.05) is 23.4 Å². The maximum absolute atomic E-state index is 12.4. The number of nitrogens with zero attached hydrogens (tertiary/aromatic N) is 4. The summed E-state index contributed by atoms with van der Waals surface area (Å²) in [6, 6.07) is 11.2. The molecule has 0 radical (unpaired) electrons. The summed E-state index contributed by atoms with van der Waals surface area (Å²) in [5, 5.41) is 6.48. The third-order valence-electron chi connectivity index (χ3n) is 3.46. The molecular weight excluding hydrogens is 324 g/mol. The molecule has 3 heterocycles. The third kappa shape index (κ3) is 2.89. The van der Waals surface area contributed by atoms with Gasteiger partial charge < -0.3 is 4.52 Å². The van der Waals surface area contributed by atoms with Crippen molar-refractivity contribution in [2.45, 2.75) is 6.54 Å². The molecule has 7 heteroatoms. The quantitative estimate of drug-likeness (QED) is 0.572. The van der Waals surface area contributed by atoms with E-state index in [4.69, 9.17) is 4.52 Å². The van der Waals surface area contributed by atoms with Gasteiger partial charge in [0.25, 0.3) is 11.4 Å². The van der Waals surface area contributed by atoms with Gasteiger partial charge in [-0.15, -0.1) is 11.3 Å². The molecule has 118 valence electrons. The van der Waals surface area contributed by atoms with E-state index >= 15 is 0 Å². The SMILES string of the molecule is O=c1c2ccccc2ncn1Cc1noc(/C=C/c2cccs2)n1. The summed E-state index contributed by atoms with van der Waals surface area (Å²) in [5.74, 6) is 0.834. The van der Waals surface area contributed by atoms with Crippen LogP contribution in [-0.2, 0) is 6.54 Å². The number of aromatic nitrogens is 4. The van der Waals surface area contributed by atoms with Crippen LogP contribution in [0.3, 0.4) is 0 Å². The molecule has 0 unspecified atom stereocenters. The van der Waals surface area contributed by atoms with E-state index in [9.17, 15) is 4.79 Å². The van der Waals surface area contributed by atoms with Crippen LogP contribution in [0.25, 0.3) is 23.1 Å². The van der Waals surface area contributed by atoms with Crippen molar-refractivity contribution in [2.24, 2.45) is 0 Å². The first-order valence-corrected chi connectivity index (χ1v) is 8.16. The van der Waals surface area contributed by atoms with Gasteiger partial charge in [0.1, 0.15) is 0 Å². The molecule has 1 aromatic carbocycles. The van der Waals surface area contributed by atoms with Crippen molar-refractivity contribution in [1.82, 2.24) is 19.7 Å². The fourth-order valence-electron chi connectivity index (χ4n) is 2.31. The van der Waals surface area contributed by atoms with E-state index in [2.05, 4.69) is 15.1 Å². The van der Waals surface area contributed by atoms with E-state index < -0.39 is 0 Å². The van der Waals surface area contributed by atoms with Crippen molar-refractivity contribution in [3.63, 3.8) is 0 Å². The normalized spacial score (nSPS) is 11.5. The Hall–Kier alpha value is -3.06.